The van der Waals surface area contributed by atoms with Gasteiger partial charge in [0.2, 0.25) is 0 Å². The summed E-state index contributed by atoms with van der Waals surface area (Å²) in [5, 5.41) is 0. The maximum Gasteiger partial charge on any atom is 0.255 e. The lowest BCUT2D eigenvalue weighted by Gasteiger charge is -2.12. The van der Waals surface area contributed by atoms with E-state index in [1.165, 1.54) is 25.7 Å². The van der Waals surface area contributed by atoms with Crippen molar-refractivity contribution in [3.05, 3.63) is 34.2 Å². The second-order valence-electron chi connectivity index (χ2n) is 4.35. The minimum Gasteiger partial charge on any atom is -0.326 e. The Morgan fingerprint density at radius 1 is 1.40 bits per heavy atom. The van der Waals surface area contributed by atoms with Gasteiger partial charge in [-0.25, -0.2) is 0 Å². The van der Waals surface area contributed by atoms with E-state index in [0.717, 1.165) is 12.1 Å². The summed E-state index contributed by atoms with van der Waals surface area (Å²) in [4.78, 5) is 11.9. The van der Waals surface area contributed by atoms with E-state index < -0.39 is 0 Å². The number of hydrogen-bond donors (Lipinski definition) is 1. The average Bonchev–Trinajstić information content (AvgIpc) is 2.74. The molecule has 1 aliphatic rings. The van der Waals surface area contributed by atoms with E-state index in [9.17, 15) is 4.79 Å². The number of nitrogens with zero attached hydrogens (tertiary/aromatic N) is 1. The summed E-state index contributed by atoms with van der Waals surface area (Å²) >= 11 is 0. The lowest BCUT2D eigenvalue weighted by atomic mass is 10.1. The highest BCUT2D eigenvalue weighted by molar-refractivity contribution is 5.09. The standard InChI is InChI=1S/C12H18N2O/c13-8-11-6-3-7-14(12(11)15)9-10-4-1-2-5-10/h3,6-7,10H,1-2,4-5,8-9,13H2. The molecule has 1 saturated carbocycles. The van der Waals surface area contributed by atoms with E-state index in [2.05, 4.69) is 0 Å². The third-order valence-electron chi connectivity index (χ3n) is 3.25. The fourth-order valence-electron chi connectivity index (χ4n) is 2.36. The average molecular weight is 206 g/mol. The first-order chi connectivity index (χ1) is 7.31. The molecule has 0 amide bonds. The van der Waals surface area contributed by atoms with Gasteiger partial charge in [-0.05, 0) is 24.8 Å². The van der Waals surface area contributed by atoms with E-state index in [0.29, 0.717) is 12.5 Å². The van der Waals surface area contributed by atoms with Crippen molar-refractivity contribution in [2.45, 2.75) is 38.8 Å². The Labute approximate surface area is 89.9 Å². The van der Waals surface area contributed by atoms with Crippen molar-refractivity contribution in [3.8, 4) is 0 Å². The highest BCUT2D eigenvalue weighted by atomic mass is 16.1. The van der Waals surface area contributed by atoms with Crippen molar-refractivity contribution in [3.63, 3.8) is 0 Å². The van der Waals surface area contributed by atoms with Crippen LogP contribution in [0.1, 0.15) is 31.2 Å². The third kappa shape index (κ3) is 2.29. The zero-order chi connectivity index (χ0) is 10.7. The van der Waals surface area contributed by atoms with Crippen LogP contribution in [-0.2, 0) is 13.1 Å². The molecule has 1 aromatic rings. The van der Waals surface area contributed by atoms with Crippen molar-refractivity contribution in [2.24, 2.45) is 11.7 Å². The van der Waals surface area contributed by atoms with E-state index in [4.69, 9.17) is 5.73 Å². The molecule has 3 nitrogen and oxygen atoms in total. The Morgan fingerprint density at radius 3 is 2.80 bits per heavy atom. The molecule has 15 heavy (non-hydrogen) atoms. The van der Waals surface area contributed by atoms with Gasteiger partial charge in [0, 0.05) is 24.8 Å². The summed E-state index contributed by atoms with van der Waals surface area (Å²) in [7, 11) is 0. The van der Waals surface area contributed by atoms with Gasteiger partial charge in [0.15, 0.2) is 0 Å². The van der Waals surface area contributed by atoms with Gasteiger partial charge in [-0.15, -0.1) is 0 Å². The molecule has 0 radical (unpaired) electrons. The minimum atomic E-state index is 0.0897. The Hall–Kier alpha value is -1.09. The van der Waals surface area contributed by atoms with Crippen molar-refractivity contribution in [1.29, 1.82) is 0 Å². The first-order valence-corrected chi connectivity index (χ1v) is 5.69. The number of hydrogen-bond acceptors (Lipinski definition) is 2. The summed E-state index contributed by atoms with van der Waals surface area (Å²) in [6.45, 7) is 1.21. The highest BCUT2D eigenvalue weighted by Gasteiger charge is 2.16. The molecule has 0 atom stereocenters. The van der Waals surface area contributed by atoms with Crippen molar-refractivity contribution >= 4 is 0 Å². The molecule has 0 bridgehead atoms. The molecule has 1 heterocycles. The van der Waals surface area contributed by atoms with E-state index >= 15 is 0 Å². The van der Waals surface area contributed by atoms with Gasteiger partial charge in [0.1, 0.15) is 0 Å². The van der Waals surface area contributed by atoms with Crippen LogP contribution in [0.2, 0.25) is 0 Å². The number of nitrogens with two attached hydrogens (primary N) is 1. The Kier molecular flexibility index (Phi) is 3.21. The maximum atomic E-state index is 11.9. The predicted octanol–water partition coefficient (Wildman–Crippen LogP) is 1.50. The minimum absolute atomic E-state index is 0.0897. The molecule has 1 aromatic heterocycles. The zero-order valence-corrected chi connectivity index (χ0v) is 8.98. The molecule has 1 aliphatic carbocycles. The van der Waals surface area contributed by atoms with Crippen LogP contribution in [0.4, 0.5) is 0 Å². The van der Waals surface area contributed by atoms with E-state index in [1.807, 2.05) is 22.9 Å². The molecule has 1 fully saturated rings. The van der Waals surface area contributed by atoms with Gasteiger partial charge >= 0.3 is 0 Å². The molecular weight excluding hydrogens is 188 g/mol. The van der Waals surface area contributed by atoms with Crippen molar-refractivity contribution in [1.82, 2.24) is 4.57 Å². The van der Waals surface area contributed by atoms with Crippen LogP contribution in [0.3, 0.4) is 0 Å². The first kappa shape index (κ1) is 10.4. The Bertz CT molecular complexity index is 377. The summed E-state index contributed by atoms with van der Waals surface area (Å²) in [5.41, 5.74) is 6.32. The second kappa shape index (κ2) is 4.62. The maximum absolute atomic E-state index is 11.9. The summed E-state index contributed by atoms with van der Waals surface area (Å²) in [6.07, 6.45) is 7.03. The zero-order valence-electron chi connectivity index (χ0n) is 8.98. The van der Waals surface area contributed by atoms with Crippen LogP contribution in [0, 0.1) is 5.92 Å². The molecule has 3 heteroatoms. The molecule has 2 rings (SSSR count). The molecule has 82 valence electrons. The monoisotopic (exact) mass is 206 g/mol. The van der Waals surface area contributed by atoms with Gasteiger partial charge in [-0.1, -0.05) is 18.9 Å². The fourth-order valence-corrected chi connectivity index (χ4v) is 2.36. The molecule has 0 aliphatic heterocycles. The quantitative estimate of drug-likeness (QED) is 0.814. The molecule has 0 unspecified atom stereocenters. The van der Waals surface area contributed by atoms with E-state index in [1.54, 1.807) is 0 Å². The molecule has 0 saturated heterocycles. The van der Waals surface area contributed by atoms with Crippen LogP contribution >= 0.6 is 0 Å². The van der Waals surface area contributed by atoms with Crippen LogP contribution in [0.5, 0.6) is 0 Å². The van der Waals surface area contributed by atoms with Crippen LogP contribution < -0.4 is 11.3 Å². The van der Waals surface area contributed by atoms with Gasteiger partial charge in [0.25, 0.3) is 5.56 Å². The fraction of sp³-hybridized carbons (Fsp3) is 0.583. The lowest BCUT2D eigenvalue weighted by molar-refractivity contribution is 0.447. The number of rotatable bonds is 3. The summed E-state index contributed by atoms with van der Waals surface area (Å²) in [5.74, 6) is 0.690. The largest absolute Gasteiger partial charge is 0.326 e. The van der Waals surface area contributed by atoms with Gasteiger partial charge < -0.3 is 10.3 Å². The third-order valence-corrected chi connectivity index (χ3v) is 3.25. The number of aromatic nitrogens is 1. The van der Waals surface area contributed by atoms with Crippen LogP contribution in [0.25, 0.3) is 0 Å². The molecule has 2 N–H and O–H groups in total. The summed E-state index contributed by atoms with van der Waals surface area (Å²) in [6, 6.07) is 3.73. The van der Waals surface area contributed by atoms with Gasteiger partial charge in [-0.3, -0.25) is 4.79 Å². The highest BCUT2D eigenvalue weighted by Crippen LogP contribution is 2.25. The van der Waals surface area contributed by atoms with Gasteiger partial charge in [-0.2, -0.15) is 0 Å². The lowest BCUT2D eigenvalue weighted by Crippen LogP contribution is -2.26. The first-order valence-electron chi connectivity index (χ1n) is 5.69. The van der Waals surface area contributed by atoms with Crippen molar-refractivity contribution < 1.29 is 0 Å². The predicted molar refractivity (Wildman–Crippen MR) is 60.6 cm³/mol. The molecule has 0 spiro atoms. The summed E-state index contributed by atoms with van der Waals surface area (Å²) < 4.78 is 1.82. The SMILES string of the molecule is NCc1cccn(CC2CCCC2)c1=O. The molecule has 0 aromatic carbocycles. The Balaban J connectivity index is 2.17. The Morgan fingerprint density at radius 2 is 2.13 bits per heavy atom. The van der Waals surface area contributed by atoms with Crippen LogP contribution in [0.15, 0.2) is 23.1 Å². The van der Waals surface area contributed by atoms with Crippen molar-refractivity contribution in [2.75, 3.05) is 0 Å². The van der Waals surface area contributed by atoms with E-state index in [-0.39, 0.29) is 5.56 Å². The molecular formula is C12H18N2O. The number of pyridine rings is 1. The topological polar surface area (TPSA) is 48.0 Å². The normalized spacial score (nSPS) is 17.1. The van der Waals surface area contributed by atoms with Gasteiger partial charge in [0.05, 0.1) is 0 Å². The smallest absolute Gasteiger partial charge is 0.255 e. The second-order valence-corrected chi connectivity index (χ2v) is 4.35. The van der Waals surface area contributed by atoms with Crippen LogP contribution in [-0.4, -0.2) is 4.57 Å².